The highest BCUT2D eigenvalue weighted by Crippen LogP contribution is 2.48. The number of carbonyl (C=O) groups excluding carboxylic acids is 3. The number of nitrogens with zero attached hydrogens (tertiary/aromatic N) is 1. The first-order chi connectivity index (χ1) is 12.3. The molecule has 1 unspecified atom stereocenters. The van der Waals surface area contributed by atoms with Gasteiger partial charge >= 0.3 is 0 Å². The molecule has 0 bridgehead atoms. The Labute approximate surface area is 155 Å². The number of rotatable bonds is 2. The summed E-state index contributed by atoms with van der Waals surface area (Å²) in [6.45, 7) is -0.255. The van der Waals surface area contributed by atoms with Gasteiger partial charge in [-0.3, -0.25) is 19.7 Å². The first-order valence-corrected chi connectivity index (χ1v) is 8.53. The summed E-state index contributed by atoms with van der Waals surface area (Å²) in [5.41, 5.74) is -1.59. The van der Waals surface area contributed by atoms with E-state index in [-0.39, 0.29) is 29.8 Å². The Morgan fingerprint density at radius 3 is 2.54 bits per heavy atom. The molecule has 2 aliphatic rings. The van der Waals surface area contributed by atoms with Crippen molar-refractivity contribution in [3.05, 3.63) is 63.6 Å². The third-order valence-corrected chi connectivity index (χ3v) is 5.23. The number of imide groups is 1. The second-order valence-corrected chi connectivity index (χ2v) is 7.14. The summed E-state index contributed by atoms with van der Waals surface area (Å²) in [5.74, 6) is -3.40. The molecule has 8 heteroatoms. The molecule has 2 aliphatic heterocycles. The van der Waals surface area contributed by atoms with Crippen LogP contribution in [0.25, 0.3) is 0 Å². The van der Waals surface area contributed by atoms with Crippen molar-refractivity contribution >= 4 is 39.3 Å². The van der Waals surface area contributed by atoms with Crippen molar-refractivity contribution in [1.29, 1.82) is 0 Å². The SMILES string of the molecule is O=C1CC2(C(=O)N1)C(=O)N(Cc1ccc(Br)cc1F)c1c(F)cccc12. The number of fused-ring (bicyclic) bond motifs is 2. The molecule has 1 atom stereocenters. The van der Waals surface area contributed by atoms with Gasteiger partial charge in [0.15, 0.2) is 5.41 Å². The highest BCUT2D eigenvalue weighted by atomic mass is 79.9. The zero-order chi connectivity index (χ0) is 18.6. The predicted octanol–water partition coefficient (Wildman–Crippen LogP) is 2.56. The standard InChI is InChI=1S/C18H11BrF2N2O3/c19-10-5-4-9(13(21)6-10)8-23-15-11(2-1-3-12(15)20)18(17(23)26)7-14(24)22-16(18)25/h1-6H,7-8H2,(H,22,24,25). The molecule has 2 heterocycles. The molecule has 132 valence electrons. The predicted molar refractivity (Wildman–Crippen MR) is 91.1 cm³/mol. The summed E-state index contributed by atoms with van der Waals surface area (Å²) in [5, 5.41) is 2.12. The van der Waals surface area contributed by atoms with Crippen LogP contribution in [-0.4, -0.2) is 17.7 Å². The molecule has 0 saturated carbocycles. The second-order valence-electron chi connectivity index (χ2n) is 6.22. The third kappa shape index (κ3) is 2.21. The summed E-state index contributed by atoms with van der Waals surface area (Å²) in [6, 6.07) is 8.29. The molecule has 2 aromatic rings. The van der Waals surface area contributed by atoms with Crippen LogP contribution in [0.15, 0.2) is 40.9 Å². The lowest BCUT2D eigenvalue weighted by Gasteiger charge is -2.21. The molecule has 4 rings (SSSR count). The summed E-state index contributed by atoms with van der Waals surface area (Å²) < 4.78 is 29.3. The molecular formula is C18H11BrF2N2O3. The molecule has 0 radical (unpaired) electrons. The third-order valence-electron chi connectivity index (χ3n) is 4.74. The van der Waals surface area contributed by atoms with Gasteiger partial charge in [-0.1, -0.05) is 34.1 Å². The van der Waals surface area contributed by atoms with Crippen LogP contribution < -0.4 is 10.2 Å². The number of carbonyl (C=O) groups is 3. The fourth-order valence-corrected chi connectivity index (χ4v) is 3.87. The van der Waals surface area contributed by atoms with E-state index in [4.69, 9.17) is 0 Å². The van der Waals surface area contributed by atoms with Gasteiger partial charge in [0.25, 0.3) is 0 Å². The first-order valence-electron chi connectivity index (χ1n) is 7.74. The van der Waals surface area contributed by atoms with Crippen LogP contribution in [0.2, 0.25) is 0 Å². The van der Waals surface area contributed by atoms with Gasteiger partial charge in [0.05, 0.1) is 18.7 Å². The molecule has 2 aromatic carbocycles. The maximum atomic E-state index is 14.5. The summed E-state index contributed by atoms with van der Waals surface area (Å²) in [7, 11) is 0. The van der Waals surface area contributed by atoms with E-state index in [0.717, 1.165) is 11.0 Å². The lowest BCUT2D eigenvalue weighted by Crippen LogP contribution is -2.45. The van der Waals surface area contributed by atoms with E-state index in [1.807, 2.05) is 0 Å². The van der Waals surface area contributed by atoms with Crippen molar-refractivity contribution < 1.29 is 23.2 Å². The van der Waals surface area contributed by atoms with Crippen molar-refractivity contribution in [1.82, 2.24) is 5.32 Å². The van der Waals surface area contributed by atoms with E-state index in [2.05, 4.69) is 21.2 Å². The van der Waals surface area contributed by atoms with Crippen molar-refractivity contribution in [2.24, 2.45) is 0 Å². The topological polar surface area (TPSA) is 66.5 Å². The van der Waals surface area contributed by atoms with E-state index < -0.39 is 34.8 Å². The molecular weight excluding hydrogens is 410 g/mol. The maximum Gasteiger partial charge on any atom is 0.248 e. The molecule has 26 heavy (non-hydrogen) atoms. The molecule has 5 nitrogen and oxygen atoms in total. The smallest absolute Gasteiger partial charge is 0.248 e. The number of anilines is 1. The average Bonchev–Trinajstić information content (AvgIpc) is 3.00. The molecule has 1 spiro atoms. The quantitative estimate of drug-likeness (QED) is 0.599. The molecule has 3 amide bonds. The van der Waals surface area contributed by atoms with Gasteiger partial charge in [-0.2, -0.15) is 0 Å². The van der Waals surface area contributed by atoms with Crippen LogP contribution in [0.4, 0.5) is 14.5 Å². The molecule has 1 N–H and O–H groups in total. The zero-order valence-electron chi connectivity index (χ0n) is 13.2. The molecule has 0 aromatic heterocycles. The Kier molecular flexibility index (Phi) is 3.69. The minimum absolute atomic E-state index is 0.0929. The molecule has 1 saturated heterocycles. The van der Waals surface area contributed by atoms with Crippen LogP contribution in [0, 0.1) is 11.6 Å². The van der Waals surface area contributed by atoms with Crippen LogP contribution >= 0.6 is 15.9 Å². The van der Waals surface area contributed by atoms with Gasteiger partial charge in [0.1, 0.15) is 11.6 Å². The highest BCUT2D eigenvalue weighted by molar-refractivity contribution is 9.10. The number of nitrogens with one attached hydrogen (secondary N) is 1. The van der Waals surface area contributed by atoms with Crippen LogP contribution in [0.3, 0.4) is 0 Å². The largest absolute Gasteiger partial charge is 0.304 e. The minimum Gasteiger partial charge on any atom is -0.304 e. The number of halogens is 3. The highest BCUT2D eigenvalue weighted by Gasteiger charge is 2.61. The minimum atomic E-state index is -1.79. The maximum absolute atomic E-state index is 14.5. The Hall–Kier alpha value is -2.61. The summed E-state index contributed by atoms with van der Waals surface area (Å²) >= 11 is 3.15. The number of benzene rings is 2. The fraction of sp³-hybridized carbons (Fsp3) is 0.167. The van der Waals surface area contributed by atoms with E-state index >= 15 is 0 Å². The van der Waals surface area contributed by atoms with Crippen molar-refractivity contribution in [2.45, 2.75) is 18.4 Å². The monoisotopic (exact) mass is 420 g/mol. The Bertz CT molecular complexity index is 994. The van der Waals surface area contributed by atoms with Crippen LogP contribution in [0.1, 0.15) is 17.5 Å². The molecule has 1 fully saturated rings. The van der Waals surface area contributed by atoms with Gasteiger partial charge < -0.3 is 4.90 Å². The van der Waals surface area contributed by atoms with Gasteiger partial charge in [0.2, 0.25) is 17.7 Å². The summed E-state index contributed by atoms with van der Waals surface area (Å²) in [4.78, 5) is 38.3. The van der Waals surface area contributed by atoms with Gasteiger partial charge in [-0.05, 0) is 18.2 Å². The van der Waals surface area contributed by atoms with Gasteiger partial charge in [-0.15, -0.1) is 0 Å². The van der Waals surface area contributed by atoms with E-state index in [0.29, 0.717) is 4.47 Å². The zero-order valence-corrected chi connectivity index (χ0v) is 14.8. The number of hydrogen-bond acceptors (Lipinski definition) is 3. The van der Waals surface area contributed by atoms with Gasteiger partial charge in [0, 0.05) is 15.6 Å². The lowest BCUT2D eigenvalue weighted by molar-refractivity contribution is -0.133. The van der Waals surface area contributed by atoms with E-state index in [1.54, 1.807) is 6.07 Å². The van der Waals surface area contributed by atoms with Crippen molar-refractivity contribution in [2.75, 3.05) is 4.90 Å². The number of hydrogen-bond donors (Lipinski definition) is 1. The Balaban J connectivity index is 1.86. The Morgan fingerprint density at radius 1 is 1.12 bits per heavy atom. The fourth-order valence-electron chi connectivity index (χ4n) is 3.54. The van der Waals surface area contributed by atoms with Gasteiger partial charge in [-0.25, -0.2) is 8.78 Å². The van der Waals surface area contributed by atoms with Crippen molar-refractivity contribution in [3.63, 3.8) is 0 Å². The van der Waals surface area contributed by atoms with Crippen LogP contribution in [0.5, 0.6) is 0 Å². The Morgan fingerprint density at radius 2 is 1.88 bits per heavy atom. The second kappa shape index (κ2) is 5.70. The van der Waals surface area contributed by atoms with E-state index in [1.165, 1.54) is 24.3 Å². The first kappa shape index (κ1) is 16.8. The number of amides is 3. The normalized spacial score (nSPS) is 21.5. The van der Waals surface area contributed by atoms with E-state index in [9.17, 15) is 23.2 Å². The van der Waals surface area contributed by atoms with Crippen molar-refractivity contribution in [3.8, 4) is 0 Å². The van der Waals surface area contributed by atoms with Crippen LogP contribution in [-0.2, 0) is 26.3 Å². The average molecular weight is 421 g/mol. The lowest BCUT2D eigenvalue weighted by atomic mass is 9.80. The number of para-hydroxylation sites is 1. The summed E-state index contributed by atoms with van der Waals surface area (Å²) in [6.07, 6.45) is -0.388. The molecule has 0 aliphatic carbocycles.